The third-order valence-corrected chi connectivity index (χ3v) is 4.14. The lowest BCUT2D eigenvalue weighted by atomic mass is 10.1. The van der Waals surface area contributed by atoms with E-state index in [-0.39, 0.29) is 18.8 Å². The third-order valence-electron chi connectivity index (χ3n) is 4.14. The number of nitrogens with one attached hydrogen (secondary N) is 3. The van der Waals surface area contributed by atoms with Crippen molar-refractivity contribution < 1.29 is 19.4 Å². The van der Waals surface area contributed by atoms with Crippen LogP contribution in [0.1, 0.15) is 38.2 Å². The molecule has 0 aromatic heterocycles. The molecule has 1 aromatic rings. The number of hydrogen-bond acceptors (Lipinski definition) is 4. The average Bonchev–Trinajstić information content (AvgIpc) is 3.00. The Kier molecular flexibility index (Phi) is 6.57. The Morgan fingerprint density at radius 1 is 1.17 bits per heavy atom. The number of aliphatic hydroxyl groups excluding tert-OH is 1. The van der Waals surface area contributed by atoms with Crippen LogP contribution in [0.3, 0.4) is 0 Å². The fourth-order valence-electron chi connectivity index (χ4n) is 2.72. The van der Waals surface area contributed by atoms with E-state index >= 15 is 0 Å². The summed E-state index contributed by atoms with van der Waals surface area (Å²) in [6.45, 7) is 2.01. The van der Waals surface area contributed by atoms with Crippen molar-refractivity contribution >= 4 is 17.6 Å². The third kappa shape index (κ3) is 5.82. The first-order chi connectivity index (χ1) is 11.5. The summed E-state index contributed by atoms with van der Waals surface area (Å²) in [5.74, 6) is -0.392. The molecule has 1 aliphatic rings. The predicted octanol–water partition coefficient (Wildman–Crippen LogP) is 1.72. The number of carbonyl (C=O) groups is 2. The smallest absolute Gasteiger partial charge is 0.337 e. The van der Waals surface area contributed by atoms with Gasteiger partial charge in [-0.15, -0.1) is 0 Å². The van der Waals surface area contributed by atoms with Gasteiger partial charge in [-0.2, -0.15) is 0 Å². The topological polar surface area (TPSA) is 99.7 Å². The van der Waals surface area contributed by atoms with Gasteiger partial charge in [0, 0.05) is 12.3 Å². The van der Waals surface area contributed by atoms with Gasteiger partial charge in [0.05, 0.1) is 5.60 Å². The monoisotopic (exact) mass is 335 g/mol. The maximum Gasteiger partial charge on any atom is 0.337 e. The molecular weight excluding hydrogens is 310 g/mol. The van der Waals surface area contributed by atoms with Gasteiger partial charge in [-0.05, 0) is 43.9 Å². The van der Waals surface area contributed by atoms with Crippen LogP contribution in [-0.4, -0.2) is 35.9 Å². The van der Waals surface area contributed by atoms with Crippen LogP contribution in [0.2, 0.25) is 0 Å². The van der Waals surface area contributed by atoms with Crippen molar-refractivity contribution in [2.75, 3.05) is 18.5 Å². The molecule has 1 aliphatic carbocycles. The van der Waals surface area contributed by atoms with Crippen molar-refractivity contribution in [3.63, 3.8) is 0 Å². The summed E-state index contributed by atoms with van der Waals surface area (Å²) in [4.78, 5) is 23.4. The van der Waals surface area contributed by atoms with E-state index in [4.69, 9.17) is 9.84 Å². The number of benzene rings is 1. The summed E-state index contributed by atoms with van der Waals surface area (Å²) in [6, 6.07) is 6.57. The molecule has 0 atom stereocenters. The summed E-state index contributed by atoms with van der Waals surface area (Å²) < 4.78 is 5.63. The van der Waals surface area contributed by atoms with Crippen LogP contribution in [-0.2, 0) is 16.0 Å². The molecule has 1 fully saturated rings. The first kappa shape index (κ1) is 18.2. The van der Waals surface area contributed by atoms with Gasteiger partial charge in [0.25, 0.3) is 5.91 Å². The molecule has 24 heavy (non-hydrogen) atoms. The van der Waals surface area contributed by atoms with E-state index in [1.165, 1.54) is 0 Å². The number of urea groups is 1. The molecule has 0 saturated heterocycles. The normalized spacial score (nSPS) is 15.8. The summed E-state index contributed by atoms with van der Waals surface area (Å²) >= 11 is 0. The minimum absolute atomic E-state index is 0.0767. The van der Waals surface area contributed by atoms with E-state index in [1.54, 1.807) is 12.1 Å². The molecule has 0 spiro atoms. The van der Waals surface area contributed by atoms with Gasteiger partial charge in [-0.3, -0.25) is 10.2 Å². The molecule has 0 radical (unpaired) electrons. The predicted molar refractivity (Wildman–Crippen MR) is 90.4 cm³/mol. The number of aliphatic hydroxyl groups is 1. The molecule has 2 rings (SSSR count). The number of ether oxygens (including phenoxy) is 1. The molecular formula is C17H25N3O4. The van der Waals surface area contributed by atoms with Crippen molar-refractivity contribution in [1.29, 1.82) is 0 Å². The van der Waals surface area contributed by atoms with Crippen LogP contribution in [0.5, 0.6) is 0 Å². The fraction of sp³-hybridized carbons (Fsp3) is 0.529. The molecule has 132 valence electrons. The number of anilines is 1. The number of rotatable bonds is 6. The van der Waals surface area contributed by atoms with E-state index in [0.29, 0.717) is 12.1 Å². The largest absolute Gasteiger partial charge is 0.396 e. The highest BCUT2D eigenvalue weighted by molar-refractivity contribution is 5.91. The van der Waals surface area contributed by atoms with Crippen LogP contribution in [0.25, 0.3) is 0 Å². The Balaban J connectivity index is 1.67. The molecule has 7 nitrogen and oxygen atoms in total. The lowest BCUT2D eigenvalue weighted by Gasteiger charge is -2.23. The van der Waals surface area contributed by atoms with Crippen molar-refractivity contribution in [1.82, 2.24) is 10.9 Å². The molecule has 0 bridgehead atoms. The molecule has 7 heteroatoms. The Morgan fingerprint density at radius 3 is 2.46 bits per heavy atom. The van der Waals surface area contributed by atoms with Crippen LogP contribution in [0.15, 0.2) is 24.3 Å². The van der Waals surface area contributed by atoms with E-state index in [1.807, 2.05) is 19.1 Å². The lowest BCUT2D eigenvalue weighted by Crippen LogP contribution is -2.46. The van der Waals surface area contributed by atoms with E-state index < -0.39 is 11.9 Å². The Labute approximate surface area is 141 Å². The highest BCUT2D eigenvalue weighted by Crippen LogP contribution is 2.32. The molecule has 3 amide bonds. The number of amides is 3. The van der Waals surface area contributed by atoms with Crippen LogP contribution >= 0.6 is 0 Å². The average molecular weight is 335 g/mol. The summed E-state index contributed by atoms with van der Waals surface area (Å²) in [7, 11) is 0. The first-order valence-electron chi connectivity index (χ1n) is 8.20. The number of hydrazine groups is 1. The second-order valence-corrected chi connectivity index (χ2v) is 6.24. The second kappa shape index (κ2) is 8.65. The van der Waals surface area contributed by atoms with Crippen molar-refractivity contribution in [3.8, 4) is 0 Å². The quantitative estimate of drug-likeness (QED) is 0.595. The standard InChI is InChI=1S/C17H25N3O4/c1-17(9-2-3-10-17)24-12-15(22)19-20-16(23)18-14-6-4-13(5-7-14)8-11-21/h4-7,21H,2-3,8-12H2,1H3,(H,19,22)(H2,18,20,23). The molecule has 0 heterocycles. The maximum absolute atomic E-state index is 11.7. The van der Waals surface area contributed by atoms with Crippen molar-refractivity contribution in [2.24, 2.45) is 0 Å². The number of hydrogen-bond donors (Lipinski definition) is 4. The highest BCUT2D eigenvalue weighted by atomic mass is 16.5. The SMILES string of the molecule is CC1(OCC(=O)NNC(=O)Nc2ccc(CCO)cc2)CCCC1. The minimum Gasteiger partial charge on any atom is -0.396 e. The Morgan fingerprint density at radius 2 is 1.83 bits per heavy atom. The van der Waals surface area contributed by atoms with Gasteiger partial charge < -0.3 is 15.2 Å². The van der Waals surface area contributed by atoms with Crippen LogP contribution < -0.4 is 16.2 Å². The molecule has 1 aromatic carbocycles. The van der Waals surface area contributed by atoms with E-state index in [9.17, 15) is 9.59 Å². The highest BCUT2D eigenvalue weighted by Gasteiger charge is 2.30. The molecule has 4 N–H and O–H groups in total. The zero-order valence-corrected chi connectivity index (χ0v) is 13.9. The first-order valence-corrected chi connectivity index (χ1v) is 8.20. The summed E-state index contributed by atoms with van der Waals surface area (Å²) in [5.41, 5.74) is 5.96. The zero-order valence-electron chi connectivity index (χ0n) is 13.9. The summed E-state index contributed by atoms with van der Waals surface area (Å²) in [5, 5.41) is 11.5. The second-order valence-electron chi connectivity index (χ2n) is 6.24. The number of carbonyl (C=O) groups excluding carboxylic acids is 2. The molecule has 0 unspecified atom stereocenters. The van der Waals surface area contributed by atoms with Gasteiger partial charge in [0.2, 0.25) is 0 Å². The fourth-order valence-corrected chi connectivity index (χ4v) is 2.72. The molecule has 1 saturated carbocycles. The van der Waals surface area contributed by atoms with Gasteiger partial charge in [-0.25, -0.2) is 10.2 Å². The van der Waals surface area contributed by atoms with Crippen LogP contribution in [0.4, 0.5) is 10.5 Å². The molecule has 0 aliphatic heterocycles. The lowest BCUT2D eigenvalue weighted by molar-refractivity contribution is -0.132. The van der Waals surface area contributed by atoms with Crippen LogP contribution in [0, 0.1) is 0 Å². The van der Waals surface area contributed by atoms with Crippen molar-refractivity contribution in [3.05, 3.63) is 29.8 Å². The van der Waals surface area contributed by atoms with Gasteiger partial charge in [-0.1, -0.05) is 25.0 Å². The van der Waals surface area contributed by atoms with E-state index in [2.05, 4.69) is 16.2 Å². The Hall–Kier alpha value is -2.12. The maximum atomic E-state index is 11.7. The van der Waals surface area contributed by atoms with Gasteiger partial charge in [0.15, 0.2) is 0 Å². The minimum atomic E-state index is -0.537. The van der Waals surface area contributed by atoms with Gasteiger partial charge in [0.1, 0.15) is 6.61 Å². The zero-order chi connectivity index (χ0) is 17.4. The van der Waals surface area contributed by atoms with Crippen molar-refractivity contribution in [2.45, 2.75) is 44.6 Å². The van der Waals surface area contributed by atoms with E-state index in [0.717, 1.165) is 31.2 Å². The Bertz CT molecular complexity index is 553. The van der Waals surface area contributed by atoms with Gasteiger partial charge >= 0.3 is 6.03 Å². The summed E-state index contributed by atoms with van der Waals surface area (Å²) in [6.07, 6.45) is 4.73.